The molecule has 1 amide bonds. The van der Waals surface area contributed by atoms with Crippen molar-refractivity contribution in [3.8, 4) is 11.5 Å². The second-order valence-corrected chi connectivity index (χ2v) is 7.06. The first-order chi connectivity index (χ1) is 12.6. The number of rotatable bonds is 3. The topological polar surface area (TPSA) is 87.9 Å². The number of hydrogen-bond donors (Lipinski definition) is 1. The van der Waals surface area contributed by atoms with Gasteiger partial charge in [0.1, 0.15) is 0 Å². The Morgan fingerprint density at radius 3 is 3.04 bits per heavy atom. The van der Waals surface area contributed by atoms with Gasteiger partial charge in [0.2, 0.25) is 17.7 Å². The standard InChI is InChI=1S/C17H15BrFN5O2/c18-12-6-13(20-8-12)15-22-16(26-23-15)11-2-1-5-24(9-11)17(25)10-3-4-14(19)21-7-10/h3-4,6-8,11,20H,1-2,5,9H2. The number of carbonyl (C=O) groups is 1. The fraction of sp³-hybridized carbons (Fsp3) is 0.294. The summed E-state index contributed by atoms with van der Waals surface area (Å²) in [7, 11) is 0. The molecule has 0 aromatic carbocycles. The van der Waals surface area contributed by atoms with Crippen LogP contribution in [0.5, 0.6) is 0 Å². The zero-order valence-corrected chi connectivity index (χ0v) is 15.2. The molecule has 0 spiro atoms. The first-order valence-corrected chi connectivity index (χ1v) is 8.98. The maximum Gasteiger partial charge on any atom is 0.255 e. The van der Waals surface area contributed by atoms with E-state index in [9.17, 15) is 9.18 Å². The molecule has 3 aromatic heterocycles. The molecule has 3 aromatic rings. The smallest absolute Gasteiger partial charge is 0.255 e. The minimum Gasteiger partial charge on any atom is -0.357 e. The van der Waals surface area contributed by atoms with Gasteiger partial charge in [-0.15, -0.1) is 0 Å². The normalized spacial score (nSPS) is 17.5. The van der Waals surface area contributed by atoms with Crippen molar-refractivity contribution in [3.05, 3.63) is 52.5 Å². The van der Waals surface area contributed by atoms with E-state index in [0.29, 0.717) is 30.4 Å². The van der Waals surface area contributed by atoms with E-state index < -0.39 is 5.95 Å². The molecular formula is C17H15BrFN5O2. The Balaban J connectivity index is 1.49. The number of amides is 1. The van der Waals surface area contributed by atoms with Crippen molar-refractivity contribution in [2.75, 3.05) is 13.1 Å². The lowest BCUT2D eigenvalue weighted by Crippen LogP contribution is -2.39. The maximum atomic E-state index is 13.0. The highest BCUT2D eigenvalue weighted by Crippen LogP contribution is 2.28. The molecule has 1 aliphatic heterocycles. The van der Waals surface area contributed by atoms with Crippen LogP contribution in [0.1, 0.15) is 35.0 Å². The second-order valence-electron chi connectivity index (χ2n) is 6.15. The third-order valence-electron chi connectivity index (χ3n) is 4.36. The van der Waals surface area contributed by atoms with Crippen LogP contribution < -0.4 is 0 Å². The molecule has 4 heterocycles. The molecule has 0 bridgehead atoms. The molecular weight excluding hydrogens is 405 g/mol. The van der Waals surface area contributed by atoms with Gasteiger partial charge in [0.15, 0.2) is 0 Å². The minimum atomic E-state index is -0.604. The number of carbonyl (C=O) groups excluding carboxylic acids is 1. The Morgan fingerprint density at radius 1 is 1.42 bits per heavy atom. The van der Waals surface area contributed by atoms with Crippen LogP contribution in [0.2, 0.25) is 0 Å². The van der Waals surface area contributed by atoms with Gasteiger partial charge in [0.25, 0.3) is 5.91 Å². The number of pyridine rings is 1. The van der Waals surface area contributed by atoms with Crippen LogP contribution in [-0.2, 0) is 0 Å². The zero-order valence-electron chi connectivity index (χ0n) is 13.7. The summed E-state index contributed by atoms with van der Waals surface area (Å²) in [6.45, 7) is 1.11. The van der Waals surface area contributed by atoms with Crippen molar-refractivity contribution in [1.82, 2.24) is 25.0 Å². The van der Waals surface area contributed by atoms with Gasteiger partial charge in [0.05, 0.1) is 17.2 Å². The van der Waals surface area contributed by atoms with Gasteiger partial charge in [-0.05, 0) is 47.0 Å². The zero-order chi connectivity index (χ0) is 18.1. The lowest BCUT2D eigenvalue weighted by Gasteiger charge is -2.31. The lowest BCUT2D eigenvalue weighted by atomic mass is 9.97. The van der Waals surface area contributed by atoms with Crippen molar-refractivity contribution < 1.29 is 13.7 Å². The summed E-state index contributed by atoms with van der Waals surface area (Å²) in [6.07, 6.45) is 4.75. The summed E-state index contributed by atoms with van der Waals surface area (Å²) < 4.78 is 19.3. The molecule has 0 radical (unpaired) electrons. The Kier molecular flexibility index (Phi) is 4.54. The Morgan fingerprint density at radius 2 is 2.31 bits per heavy atom. The molecule has 0 aliphatic carbocycles. The highest BCUT2D eigenvalue weighted by Gasteiger charge is 2.29. The molecule has 134 valence electrons. The van der Waals surface area contributed by atoms with Gasteiger partial charge >= 0.3 is 0 Å². The number of piperidine rings is 1. The Bertz CT molecular complexity index is 923. The van der Waals surface area contributed by atoms with Gasteiger partial charge in [0, 0.05) is 30.0 Å². The van der Waals surface area contributed by atoms with E-state index in [2.05, 4.69) is 36.0 Å². The minimum absolute atomic E-state index is 0.0271. The highest BCUT2D eigenvalue weighted by atomic mass is 79.9. The summed E-state index contributed by atoms with van der Waals surface area (Å²) >= 11 is 3.37. The Hall–Kier alpha value is -2.55. The summed E-state index contributed by atoms with van der Waals surface area (Å²) in [4.78, 5) is 25.4. The number of nitrogens with one attached hydrogen (secondary N) is 1. The maximum absolute atomic E-state index is 13.0. The SMILES string of the molecule is O=C(c1ccc(F)nc1)N1CCCC(c2nc(-c3cc(Br)c[nH]3)no2)C1. The van der Waals surface area contributed by atoms with E-state index in [4.69, 9.17) is 4.52 Å². The molecule has 1 unspecified atom stereocenters. The van der Waals surface area contributed by atoms with Crippen molar-refractivity contribution >= 4 is 21.8 Å². The van der Waals surface area contributed by atoms with E-state index in [1.807, 2.05) is 6.07 Å². The fourth-order valence-electron chi connectivity index (χ4n) is 3.06. The molecule has 1 aliphatic rings. The summed E-state index contributed by atoms with van der Waals surface area (Å²) in [6, 6.07) is 4.50. The number of hydrogen-bond acceptors (Lipinski definition) is 5. The van der Waals surface area contributed by atoms with Crippen molar-refractivity contribution in [2.24, 2.45) is 0 Å². The highest BCUT2D eigenvalue weighted by molar-refractivity contribution is 9.10. The van der Waals surface area contributed by atoms with E-state index in [1.165, 1.54) is 18.3 Å². The summed E-state index contributed by atoms with van der Waals surface area (Å²) in [5.41, 5.74) is 1.13. The number of halogens is 2. The van der Waals surface area contributed by atoms with Crippen LogP contribution in [0, 0.1) is 5.95 Å². The first-order valence-electron chi connectivity index (χ1n) is 8.19. The second kappa shape index (κ2) is 6.99. The van der Waals surface area contributed by atoms with Crippen LogP contribution in [0.3, 0.4) is 0 Å². The first kappa shape index (κ1) is 16.9. The largest absolute Gasteiger partial charge is 0.357 e. The molecule has 1 N–H and O–H groups in total. The van der Waals surface area contributed by atoms with Gasteiger partial charge in [-0.1, -0.05) is 5.16 Å². The molecule has 4 rings (SSSR count). The number of nitrogens with zero attached hydrogens (tertiary/aromatic N) is 4. The van der Waals surface area contributed by atoms with Gasteiger partial charge in [-0.2, -0.15) is 9.37 Å². The van der Waals surface area contributed by atoms with E-state index in [-0.39, 0.29) is 11.8 Å². The molecule has 7 nitrogen and oxygen atoms in total. The van der Waals surface area contributed by atoms with Crippen molar-refractivity contribution in [3.63, 3.8) is 0 Å². The fourth-order valence-corrected chi connectivity index (χ4v) is 3.40. The van der Waals surface area contributed by atoms with Crippen LogP contribution in [0.4, 0.5) is 4.39 Å². The number of likely N-dealkylation sites (tertiary alicyclic amines) is 1. The lowest BCUT2D eigenvalue weighted by molar-refractivity contribution is 0.0695. The quantitative estimate of drug-likeness (QED) is 0.657. The molecule has 9 heteroatoms. The summed E-state index contributed by atoms with van der Waals surface area (Å²) in [5, 5.41) is 4.02. The van der Waals surface area contributed by atoms with E-state index in [1.54, 1.807) is 11.1 Å². The van der Waals surface area contributed by atoms with Crippen LogP contribution in [0.15, 0.2) is 39.6 Å². The van der Waals surface area contributed by atoms with Crippen LogP contribution in [-0.4, -0.2) is 44.0 Å². The third-order valence-corrected chi connectivity index (χ3v) is 4.82. The van der Waals surface area contributed by atoms with Crippen molar-refractivity contribution in [1.29, 1.82) is 0 Å². The predicted octanol–water partition coefficient (Wildman–Crippen LogP) is 3.38. The molecule has 1 atom stereocenters. The third kappa shape index (κ3) is 3.39. The van der Waals surface area contributed by atoms with Gasteiger partial charge < -0.3 is 14.4 Å². The Labute approximate surface area is 156 Å². The molecule has 1 fully saturated rings. The van der Waals surface area contributed by atoms with Crippen LogP contribution in [0.25, 0.3) is 11.5 Å². The average Bonchev–Trinajstić information content (AvgIpc) is 3.31. The number of aromatic nitrogens is 4. The van der Waals surface area contributed by atoms with Crippen LogP contribution >= 0.6 is 15.9 Å². The predicted molar refractivity (Wildman–Crippen MR) is 93.9 cm³/mol. The average molecular weight is 420 g/mol. The number of H-pyrrole nitrogens is 1. The molecule has 26 heavy (non-hydrogen) atoms. The van der Waals surface area contributed by atoms with Gasteiger partial charge in [-0.25, -0.2) is 4.98 Å². The van der Waals surface area contributed by atoms with Crippen molar-refractivity contribution in [2.45, 2.75) is 18.8 Å². The monoisotopic (exact) mass is 419 g/mol. The number of aromatic amines is 1. The van der Waals surface area contributed by atoms with Gasteiger partial charge in [-0.3, -0.25) is 4.79 Å². The van der Waals surface area contributed by atoms with E-state index >= 15 is 0 Å². The molecule has 0 saturated carbocycles. The molecule has 1 saturated heterocycles. The van der Waals surface area contributed by atoms with E-state index in [0.717, 1.165) is 23.0 Å². The summed E-state index contributed by atoms with van der Waals surface area (Å²) in [5.74, 6) is 0.195.